The number of ether oxygens (including phenoxy) is 1. The van der Waals surface area contributed by atoms with Gasteiger partial charge in [0.2, 0.25) is 0 Å². The van der Waals surface area contributed by atoms with Crippen molar-refractivity contribution in [2.24, 2.45) is 0 Å². The molecule has 1 amide bonds. The minimum Gasteiger partial charge on any atom is -0.437 e. The highest BCUT2D eigenvalue weighted by molar-refractivity contribution is 5.74. The Hall–Kier alpha value is -1.75. The fourth-order valence-electron chi connectivity index (χ4n) is 1.78. The highest BCUT2D eigenvalue weighted by atomic mass is 16.6. The SMILES string of the molecule is Cc1ccccc1NN1C(=O)OC(C)(C)C1(C)O. The minimum absolute atomic E-state index is 0.590. The number of rotatable bonds is 2. The molecule has 98 valence electrons. The van der Waals surface area contributed by atoms with Crippen LogP contribution >= 0.6 is 0 Å². The summed E-state index contributed by atoms with van der Waals surface area (Å²) in [6, 6.07) is 7.52. The Morgan fingerprint density at radius 3 is 2.39 bits per heavy atom. The van der Waals surface area contributed by atoms with Crippen LogP contribution in [0, 0.1) is 6.92 Å². The van der Waals surface area contributed by atoms with Gasteiger partial charge in [0.25, 0.3) is 0 Å². The second-order valence-corrected chi connectivity index (χ2v) is 5.16. The zero-order valence-corrected chi connectivity index (χ0v) is 11.0. The first kappa shape index (κ1) is 12.7. The quantitative estimate of drug-likeness (QED) is 0.845. The van der Waals surface area contributed by atoms with Crippen molar-refractivity contribution in [2.45, 2.75) is 39.0 Å². The van der Waals surface area contributed by atoms with Gasteiger partial charge in [-0.15, -0.1) is 0 Å². The molecule has 1 heterocycles. The molecule has 0 saturated carbocycles. The molecule has 1 aliphatic heterocycles. The summed E-state index contributed by atoms with van der Waals surface area (Å²) >= 11 is 0. The summed E-state index contributed by atoms with van der Waals surface area (Å²) in [5.74, 6) is 0. The fraction of sp³-hybridized carbons (Fsp3) is 0.462. The van der Waals surface area contributed by atoms with E-state index in [-0.39, 0.29) is 0 Å². The van der Waals surface area contributed by atoms with E-state index in [1.165, 1.54) is 0 Å². The second-order valence-electron chi connectivity index (χ2n) is 5.16. The van der Waals surface area contributed by atoms with E-state index in [0.29, 0.717) is 0 Å². The Morgan fingerprint density at radius 2 is 1.89 bits per heavy atom. The molecular weight excluding hydrogens is 232 g/mol. The van der Waals surface area contributed by atoms with Gasteiger partial charge in [-0.05, 0) is 39.3 Å². The summed E-state index contributed by atoms with van der Waals surface area (Å²) in [5, 5.41) is 11.5. The predicted molar refractivity (Wildman–Crippen MR) is 67.8 cm³/mol. The molecule has 18 heavy (non-hydrogen) atoms. The van der Waals surface area contributed by atoms with Crippen molar-refractivity contribution >= 4 is 11.8 Å². The highest BCUT2D eigenvalue weighted by Gasteiger charge is 2.57. The number of aryl methyl sites for hydroxylation is 1. The first-order chi connectivity index (χ1) is 8.25. The molecule has 1 aromatic rings. The van der Waals surface area contributed by atoms with Crippen molar-refractivity contribution in [1.82, 2.24) is 5.01 Å². The lowest BCUT2D eigenvalue weighted by atomic mass is 9.97. The standard InChI is InChI=1S/C13H18N2O3/c1-9-7-5-6-8-10(9)14-15-11(16)18-12(2,3)13(15,4)17/h5-8,14,17H,1-4H3. The van der Waals surface area contributed by atoms with Gasteiger partial charge in [-0.25, -0.2) is 4.79 Å². The molecule has 0 bridgehead atoms. The third kappa shape index (κ3) is 1.80. The van der Waals surface area contributed by atoms with Gasteiger partial charge in [-0.2, -0.15) is 5.01 Å². The van der Waals surface area contributed by atoms with Crippen LogP contribution in [0.25, 0.3) is 0 Å². The molecule has 1 aromatic carbocycles. The zero-order valence-electron chi connectivity index (χ0n) is 11.0. The molecule has 0 radical (unpaired) electrons. The lowest BCUT2D eigenvalue weighted by Crippen LogP contribution is -2.55. The van der Waals surface area contributed by atoms with Gasteiger partial charge in [0, 0.05) is 0 Å². The average Bonchev–Trinajstić information content (AvgIpc) is 2.40. The Bertz CT molecular complexity index is 483. The van der Waals surface area contributed by atoms with E-state index in [2.05, 4.69) is 5.43 Å². The molecular formula is C13H18N2O3. The summed E-state index contributed by atoms with van der Waals surface area (Å²) in [4.78, 5) is 11.8. The van der Waals surface area contributed by atoms with Crippen LogP contribution in [0.1, 0.15) is 26.3 Å². The number of nitrogens with zero attached hydrogens (tertiary/aromatic N) is 1. The number of benzene rings is 1. The minimum atomic E-state index is -1.42. The van der Waals surface area contributed by atoms with Crippen molar-refractivity contribution in [1.29, 1.82) is 0 Å². The summed E-state index contributed by atoms with van der Waals surface area (Å²) in [7, 11) is 0. The van der Waals surface area contributed by atoms with Crippen LogP contribution in [-0.2, 0) is 4.74 Å². The van der Waals surface area contributed by atoms with E-state index < -0.39 is 17.4 Å². The Balaban J connectivity index is 2.30. The largest absolute Gasteiger partial charge is 0.437 e. The van der Waals surface area contributed by atoms with E-state index in [1.807, 2.05) is 31.2 Å². The average molecular weight is 250 g/mol. The Labute approximate surface area is 106 Å². The topological polar surface area (TPSA) is 61.8 Å². The van der Waals surface area contributed by atoms with Gasteiger partial charge in [0.05, 0.1) is 5.69 Å². The number of carbonyl (C=O) groups is 1. The number of para-hydroxylation sites is 1. The van der Waals surface area contributed by atoms with Crippen LogP contribution in [0.3, 0.4) is 0 Å². The first-order valence-corrected chi connectivity index (χ1v) is 5.83. The number of nitrogens with one attached hydrogen (secondary N) is 1. The maximum Gasteiger partial charge on any atom is 0.432 e. The normalized spacial score (nSPS) is 26.1. The van der Waals surface area contributed by atoms with Crippen LogP contribution < -0.4 is 5.43 Å². The number of amides is 1. The molecule has 5 nitrogen and oxygen atoms in total. The highest BCUT2D eigenvalue weighted by Crippen LogP contribution is 2.37. The lowest BCUT2D eigenvalue weighted by molar-refractivity contribution is -0.121. The summed E-state index contributed by atoms with van der Waals surface area (Å²) in [5.41, 5.74) is 2.25. The summed E-state index contributed by atoms with van der Waals surface area (Å²) < 4.78 is 5.16. The molecule has 2 rings (SSSR count). The van der Waals surface area contributed by atoms with Crippen molar-refractivity contribution in [3.8, 4) is 0 Å². The molecule has 2 N–H and O–H groups in total. The van der Waals surface area contributed by atoms with Crippen molar-refractivity contribution in [3.63, 3.8) is 0 Å². The second kappa shape index (κ2) is 3.88. The molecule has 1 atom stereocenters. The Kier molecular flexibility index (Phi) is 2.74. The number of anilines is 1. The maximum absolute atomic E-state index is 11.8. The number of hydrazine groups is 1. The van der Waals surface area contributed by atoms with E-state index in [0.717, 1.165) is 16.3 Å². The maximum atomic E-state index is 11.8. The van der Waals surface area contributed by atoms with E-state index in [9.17, 15) is 9.90 Å². The molecule has 0 aromatic heterocycles. The van der Waals surface area contributed by atoms with Crippen molar-refractivity contribution in [3.05, 3.63) is 29.8 Å². The smallest absolute Gasteiger partial charge is 0.432 e. The Morgan fingerprint density at radius 1 is 1.28 bits per heavy atom. The number of cyclic esters (lactones) is 1. The third-order valence-corrected chi connectivity index (χ3v) is 3.48. The number of hydrogen-bond acceptors (Lipinski definition) is 4. The van der Waals surface area contributed by atoms with Gasteiger partial charge >= 0.3 is 6.09 Å². The monoisotopic (exact) mass is 250 g/mol. The fourth-order valence-corrected chi connectivity index (χ4v) is 1.78. The van der Waals surface area contributed by atoms with Gasteiger partial charge < -0.3 is 9.84 Å². The lowest BCUT2D eigenvalue weighted by Gasteiger charge is -2.35. The number of hydrogen-bond donors (Lipinski definition) is 2. The first-order valence-electron chi connectivity index (χ1n) is 5.83. The summed E-state index contributed by atoms with van der Waals surface area (Å²) in [6.07, 6.45) is -0.590. The van der Waals surface area contributed by atoms with Crippen LogP contribution in [0.5, 0.6) is 0 Å². The molecule has 0 aliphatic carbocycles. The molecule has 1 unspecified atom stereocenters. The van der Waals surface area contributed by atoms with Gasteiger partial charge in [0.1, 0.15) is 0 Å². The van der Waals surface area contributed by atoms with Crippen LogP contribution in [-0.4, -0.2) is 27.5 Å². The molecule has 1 fully saturated rings. The van der Waals surface area contributed by atoms with Gasteiger partial charge in [0.15, 0.2) is 11.3 Å². The molecule has 1 saturated heterocycles. The van der Waals surface area contributed by atoms with Gasteiger partial charge in [-0.3, -0.25) is 5.43 Å². The van der Waals surface area contributed by atoms with E-state index in [4.69, 9.17) is 4.74 Å². The zero-order chi connectivity index (χ0) is 13.6. The molecule has 0 spiro atoms. The van der Waals surface area contributed by atoms with Crippen molar-refractivity contribution in [2.75, 3.05) is 5.43 Å². The molecule has 5 heteroatoms. The number of aliphatic hydroxyl groups is 1. The van der Waals surface area contributed by atoms with E-state index >= 15 is 0 Å². The van der Waals surface area contributed by atoms with Crippen molar-refractivity contribution < 1.29 is 14.6 Å². The van der Waals surface area contributed by atoms with Crippen LogP contribution in [0.4, 0.5) is 10.5 Å². The van der Waals surface area contributed by atoms with Crippen LogP contribution in [0.15, 0.2) is 24.3 Å². The van der Waals surface area contributed by atoms with E-state index in [1.54, 1.807) is 20.8 Å². The summed E-state index contributed by atoms with van der Waals surface area (Å²) in [6.45, 7) is 6.81. The number of carbonyl (C=O) groups excluding carboxylic acids is 1. The third-order valence-electron chi connectivity index (χ3n) is 3.48. The van der Waals surface area contributed by atoms with Crippen LogP contribution in [0.2, 0.25) is 0 Å². The van der Waals surface area contributed by atoms with Gasteiger partial charge in [-0.1, -0.05) is 18.2 Å². The predicted octanol–water partition coefficient (Wildman–Crippen LogP) is 2.26. The molecule has 1 aliphatic rings.